The van der Waals surface area contributed by atoms with Crippen LogP contribution in [0.1, 0.15) is 92.7 Å². The lowest BCUT2D eigenvalue weighted by Crippen LogP contribution is -2.30. The first-order valence-electron chi connectivity index (χ1n) is 12.8. The van der Waals surface area contributed by atoms with Gasteiger partial charge in [0.05, 0.1) is 18.6 Å². The molecule has 0 fully saturated rings. The van der Waals surface area contributed by atoms with E-state index < -0.39 is 0 Å². The third-order valence-corrected chi connectivity index (χ3v) is 5.94. The molecule has 0 aliphatic heterocycles. The smallest absolute Gasteiger partial charge is 0.244 e. The number of halogens is 1. The van der Waals surface area contributed by atoms with Crippen molar-refractivity contribution in [1.82, 2.24) is 10.9 Å². The lowest BCUT2D eigenvalue weighted by Gasteiger charge is -2.06. The van der Waals surface area contributed by atoms with Gasteiger partial charge in [-0.2, -0.15) is 15.3 Å². The highest BCUT2D eigenvalue weighted by Crippen LogP contribution is 2.15. The van der Waals surface area contributed by atoms with E-state index in [1.165, 1.54) is 16.7 Å². The average Bonchev–Trinajstić information content (AvgIpc) is 2.89. The Morgan fingerprint density at radius 2 is 0.842 bits per heavy atom. The molecule has 3 rings (SSSR count). The largest absolute Gasteiger partial charge is 0.257 e. The van der Waals surface area contributed by atoms with Gasteiger partial charge >= 0.3 is 0 Å². The summed E-state index contributed by atoms with van der Waals surface area (Å²) >= 11 is 0. The van der Waals surface area contributed by atoms with E-state index in [1.807, 2.05) is 36.4 Å². The van der Waals surface area contributed by atoms with Crippen molar-refractivity contribution in [2.24, 2.45) is 20.4 Å². The maximum absolute atomic E-state index is 4.31. The van der Waals surface area contributed by atoms with Crippen molar-refractivity contribution >= 4 is 37.0 Å². The lowest BCUT2D eigenvalue weighted by molar-refractivity contribution is 0.866. The molecule has 0 amide bonds. The Kier molecular flexibility index (Phi) is 12.4. The first-order chi connectivity index (χ1) is 17.8. The van der Waals surface area contributed by atoms with Crippen molar-refractivity contribution in [3.63, 3.8) is 0 Å². The fourth-order valence-corrected chi connectivity index (χ4v) is 3.46. The van der Waals surface area contributed by atoms with E-state index in [2.05, 4.69) is 109 Å². The summed E-state index contributed by atoms with van der Waals surface area (Å²) in [5.41, 5.74) is 12.6. The van der Waals surface area contributed by atoms with Crippen LogP contribution in [0.5, 0.6) is 0 Å². The number of guanidine groups is 1. The van der Waals surface area contributed by atoms with E-state index in [0.717, 1.165) is 16.7 Å². The van der Waals surface area contributed by atoms with Gasteiger partial charge in [-0.3, -0.25) is 0 Å². The van der Waals surface area contributed by atoms with Crippen molar-refractivity contribution in [3.05, 3.63) is 106 Å². The van der Waals surface area contributed by atoms with Crippen LogP contribution in [0.4, 0.5) is 0 Å². The summed E-state index contributed by atoms with van der Waals surface area (Å²) in [6.45, 7) is 13.1. The zero-order chi connectivity index (χ0) is 26.6. The molecule has 0 heterocycles. The second kappa shape index (κ2) is 15.5. The second-order valence-corrected chi connectivity index (χ2v) is 9.90. The number of nitrogens with one attached hydrogen (secondary N) is 2. The zero-order valence-electron chi connectivity index (χ0n) is 23.1. The molecule has 6 nitrogen and oxygen atoms in total. The van der Waals surface area contributed by atoms with E-state index in [-0.39, 0.29) is 12.4 Å². The predicted octanol–water partition coefficient (Wildman–Crippen LogP) is 7.42. The van der Waals surface area contributed by atoms with E-state index in [0.29, 0.717) is 23.7 Å². The quantitative estimate of drug-likeness (QED) is 0.172. The monoisotopic (exact) mass is 530 g/mol. The minimum atomic E-state index is 0. The Hall–Kier alpha value is -3.77. The van der Waals surface area contributed by atoms with Gasteiger partial charge in [0.2, 0.25) is 0 Å². The van der Waals surface area contributed by atoms with Gasteiger partial charge in [-0.1, -0.05) is 114 Å². The SMILES string of the molecule is CC(C)c1ccc(C=NN=C(NN=Cc2ccc(C(C)C)cc2)NN=Cc2ccc(C(C)C)cc2)cc1.Cl. The summed E-state index contributed by atoms with van der Waals surface area (Å²) in [5, 5.41) is 17.1. The predicted molar refractivity (Wildman–Crippen MR) is 165 cm³/mol. The van der Waals surface area contributed by atoms with Crippen LogP contribution in [0.25, 0.3) is 0 Å². The molecule has 0 spiro atoms. The molecule has 0 saturated carbocycles. The summed E-state index contributed by atoms with van der Waals surface area (Å²) in [4.78, 5) is 0. The van der Waals surface area contributed by atoms with Crippen molar-refractivity contribution < 1.29 is 0 Å². The van der Waals surface area contributed by atoms with Gasteiger partial charge in [-0.25, -0.2) is 10.9 Å². The van der Waals surface area contributed by atoms with Gasteiger partial charge in [0.1, 0.15) is 0 Å². The second-order valence-electron chi connectivity index (χ2n) is 9.90. The Balaban J connectivity index is 0.00000507. The number of nitrogens with zero attached hydrogens (tertiary/aromatic N) is 4. The molecule has 0 radical (unpaired) electrons. The molecule has 0 bridgehead atoms. The molecule has 0 unspecified atom stereocenters. The first kappa shape index (κ1) is 30.5. The molecule has 7 heteroatoms. The molecule has 0 aliphatic carbocycles. The van der Waals surface area contributed by atoms with Crippen LogP contribution in [0.15, 0.2) is 93.2 Å². The van der Waals surface area contributed by atoms with Gasteiger partial charge in [0.25, 0.3) is 5.96 Å². The lowest BCUT2D eigenvalue weighted by atomic mass is 10.0. The van der Waals surface area contributed by atoms with E-state index in [9.17, 15) is 0 Å². The fraction of sp³-hybridized carbons (Fsp3) is 0.290. The van der Waals surface area contributed by atoms with Gasteiger partial charge in [-0.05, 0) is 51.1 Å². The van der Waals surface area contributed by atoms with Crippen LogP contribution >= 0.6 is 12.4 Å². The molecule has 200 valence electrons. The maximum Gasteiger partial charge on any atom is 0.257 e. The number of hydrogen-bond acceptors (Lipinski definition) is 4. The molecule has 2 N–H and O–H groups in total. The summed E-state index contributed by atoms with van der Waals surface area (Å²) in [5.74, 6) is 1.78. The highest BCUT2D eigenvalue weighted by Gasteiger charge is 2.00. The summed E-state index contributed by atoms with van der Waals surface area (Å²) in [6, 6.07) is 24.9. The first-order valence-corrected chi connectivity index (χ1v) is 12.8. The summed E-state index contributed by atoms with van der Waals surface area (Å²) in [7, 11) is 0. The number of hydrazone groups is 2. The number of rotatable bonds is 9. The summed E-state index contributed by atoms with van der Waals surface area (Å²) in [6.07, 6.45) is 5.18. The van der Waals surface area contributed by atoms with Crippen molar-refractivity contribution in [2.75, 3.05) is 0 Å². The van der Waals surface area contributed by atoms with Crippen LogP contribution in [-0.2, 0) is 0 Å². The summed E-state index contributed by atoms with van der Waals surface area (Å²) < 4.78 is 0. The highest BCUT2D eigenvalue weighted by atomic mass is 35.5. The third kappa shape index (κ3) is 9.94. The molecule has 3 aromatic rings. The van der Waals surface area contributed by atoms with Crippen molar-refractivity contribution in [2.45, 2.75) is 59.3 Å². The zero-order valence-corrected chi connectivity index (χ0v) is 23.9. The molecular formula is C31H39ClN6. The van der Waals surface area contributed by atoms with Crippen LogP contribution in [0.3, 0.4) is 0 Å². The third-order valence-electron chi connectivity index (χ3n) is 5.94. The van der Waals surface area contributed by atoms with Gasteiger partial charge in [0, 0.05) is 0 Å². The average molecular weight is 531 g/mol. The van der Waals surface area contributed by atoms with Gasteiger partial charge < -0.3 is 0 Å². The van der Waals surface area contributed by atoms with Crippen molar-refractivity contribution in [3.8, 4) is 0 Å². The Morgan fingerprint density at radius 3 is 1.16 bits per heavy atom. The minimum Gasteiger partial charge on any atom is -0.244 e. The molecular weight excluding hydrogens is 492 g/mol. The Labute approximate surface area is 233 Å². The molecule has 38 heavy (non-hydrogen) atoms. The standard InChI is InChI=1S/C31H38N6.ClH/c1-22(2)28-13-7-25(8-14-28)19-32-35-31(36-33-20-26-9-15-29(16-10-26)23(3)4)37-34-21-27-11-17-30(18-12-27)24(5)6;/h7-24H,1-6H3,(H2,35,36,37);1H. The molecule has 0 aliphatic rings. The fourth-order valence-electron chi connectivity index (χ4n) is 3.46. The van der Waals surface area contributed by atoms with Crippen LogP contribution < -0.4 is 10.9 Å². The van der Waals surface area contributed by atoms with Gasteiger partial charge in [-0.15, -0.1) is 17.5 Å². The van der Waals surface area contributed by atoms with E-state index >= 15 is 0 Å². The normalized spacial score (nSPS) is 11.6. The molecule has 3 aromatic carbocycles. The molecule has 0 saturated heterocycles. The minimum absolute atomic E-state index is 0. The van der Waals surface area contributed by atoms with Crippen molar-refractivity contribution in [1.29, 1.82) is 0 Å². The van der Waals surface area contributed by atoms with E-state index in [1.54, 1.807) is 18.6 Å². The van der Waals surface area contributed by atoms with Gasteiger partial charge in [0.15, 0.2) is 0 Å². The van der Waals surface area contributed by atoms with Crippen LogP contribution in [0.2, 0.25) is 0 Å². The maximum atomic E-state index is 4.31. The topological polar surface area (TPSA) is 73.5 Å². The molecule has 0 atom stereocenters. The Bertz CT molecular complexity index is 1160. The molecule has 0 aromatic heterocycles. The number of benzene rings is 3. The Morgan fingerprint density at radius 1 is 0.526 bits per heavy atom. The van der Waals surface area contributed by atoms with Crippen LogP contribution in [0, 0.1) is 0 Å². The van der Waals surface area contributed by atoms with Crippen LogP contribution in [-0.4, -0.2) is 24.6 Å². The number of hydrogen-bond donors (Lipinski definition) is 2. The van der Waals surface area contributed by atoms with E-state index in [4.69, 9.17) is 0 Å². The highest BCUT2D eigenvalue weighted by molar-refractivity contribution is 5.87.